The molecule has 0 bridgehead atoms. The van der Waals surface area contributed by atoms with Gasteiger partial charge in [0.05, 0.1) is 45.6 Å². The first-order valence-electron chi connectivity index (χ1n) is 8.62. The summed E-state index contributed by atoms with van der Waals surface area (Å²) in [6.45, 7) is -2.20. The van der Waals surface area contributed by atoms with Gasteiger partial charge < -0.3 is 46.1 Å². The molecule has 3 atom stereocenters. The number of aliphatic hydroxyl groups is 5. The molecule has 5 N–H and O–H groups in total. The van der Waals surface area contributed by atoms with Crippen molar-refractivity contribution in [2.45, 2.75) is 24.7 Å². The number of ketones is 3. The number of ether oxygens (including phenoxy) is 2. The highest BCUT2D eigenvalue weighted by atomic mass is 16.6. The summed E-state index contributed by atoms with van der Waals surface area (Å²) in [5.41, 5.74) is 13.2. The lowest BCUT2D eigenvalue weighted by molar-refractivity contribution is -0.137. The molecule has 0 unspecified atom stereocenters. The number of hydrogen-bond donors (Lipinski definition) is 5. The Bertz CT molecular complexity index is 744. The van der Waals surface area contributed by atoms with Crippen LogP contribution in [-0.2, 0) is 23.9 Å². The Morgan fingerprint density at radius 2 is 1.35 bits per heavy atom. The molecule has 0 aromatic heterocycles. The molecule has 0 aromatic rings. The number of epoxide rings is 2. The second kappa shape index (κ2) is 12.4. The van der Waals surface area contributed by atoms with Crippen LogP contribution in [0, 0.1) is 11.8 Å². The zero-order valence-corrected chi connectivity index (χ0v) is 15.7. The first-order valence-corrected chi connectivity index (χ1v) is 8.62. The molecule has 14 nitrogen and oxygen atoms in total. The predicted molar refractivity (Wildman–Crippen MR) is 99.8 cm³/mol. The number of hydrogen-bond acceptors (Lipinski definition) is 10. The fourth-order valence-electron chi connectivity index (χ4n) is 2.52. The third-order valence-corrected chi connectivity index (χ3v) is 4.66. The Hall–Kier alpha value is -2.51. The second-order valence-corrected chi connectivity index (χ2v) is 6.51. The van der Waals surface area contributed by atoms with E-state index < -0.39 is 72.9 Å². The molecule has 0 aliphatic carbocycles. The molecule has 0 aromatic carbocycles. The maximum atomic E-state index is 11.6. The predicted octanol–water partition coefficient (Wildman–Crippen LogP) is -3.98. The average Bonchev–Trinajstić information content (AvgIpc) is 3.65. The molecule has 0 amide bonds. The van der Waals surface area contributed by atoms with Gasteiger partial charge in [0.25, 0.3) is 11.6 Å². The molecule has 0 radical (unpaired) electrons. The van der Waals surface area contributed by atoms with Crippen molar-refractivity contribution in [3.8, 4) is 0 Å². The van der Waals surface area contributed by atoms with E-state index in [0.29, 0.717) is 12.4 Å². The van der Waals surface area contributed by atoms with E-state index in [0.717, 1.165) is 0 Å². The van der Waals surface area contributed by atoms with E-state index in [1.807, 2.05) is 0 Å². The molecule has 2 fully saturated rings. The quantitative estimate of drug-likeness (QED) is 0.0638. The van der Waals surface area contributed by atoms with Gasteiger partial charge in [-0.2, -0.15) is 9.58 Å². The topological polar surface area (TPSA) is 250 Å². The van der Waals surface area contributed by atoms with E-state index in [1.54, 1.807) is 0 Å². The molecule has 0 saturated carbocycles. The van der Waals surface area contributed by atoms with Crippen LogP contribution in [0.1, 0.15) is 7.43 Å². The molecule has 31 heavy (non-hydrogen) atoms. The van der Waals surface area contributed by atoms with Crippen LogP contribution in [0.25, 0.3) is 11.1 Å². The van der Waals surface area contributed by atoms with Gasteiger partial charge in [0.1, 0.15) is 6.10 Å². The van der Waals surface area contributed by atoms with Gasteiger partial charge in [-0.3, -0.25) is 14.4 Å². The van der Waals surface area contributed by atoms with Gasteiger partial charge in [0.15, 0.2) is 11.4 Å². The highest BCUT2D eigenvalue weighted by Gasteiger charge is 2.61. The normalized spacial score (nSPS) is 23.8. The van der Waals surface area contributed by atoms with E-state index in [1.165, 1.54) is 0 Å². The van der Waals surface area contributed by atoms with Crippen LogP contribution < -0.4 is 0 Å². The Morgan fingerprint density at radius 3 is 1.68 bits per heavy atom. The number of aliphatic hydroxyl groups excluding tert-OH is 5. The van der Waals surface area contributed by atoms with E-state index in [9.17, 15) is 19.5 Å². The Morgan fingerprint density at radius 1 is 0.903 bits per heavy atom. The van der Waals surface area contributed by atoms with Crippen molar-refractivity contribution in [2.24, 2.45) is 11.8 Å². The first kappa shape index (κ1) is 28.5. The summed E-state index contributed by atoms with van der Waals surface area (Å²) in [4.78, 5) is 39.3. The van der Waals surface area contributed by atoms with Crippen LogP contribution in [0.2, 0.25) is 0 Å². The average molecular weight is 446 g/mol. The van der Waals surface area contributed by atoms with Crippen molar-refractivity contribution in [1.82, 2.24) is 0 Å². The maximum Gasteiger partial charge on any atom is 0.326 e. The van der Waals surface area contributed by atoms with Crippen LogP contribution in [-0.4, -0.2) is 122 Å². The summed E-state index contributed by atoms with van der Waals surface area (Å²) < 4.78 is 9.57. The second-order valence-electron chi connectivity index (χ2n) is 6.51. The number of rotatable bonds is 12. The standard InChI is InChI=1S/C8H12N2O5.C8H10N2O5.CH4/c2*9-10-1-6(13)8(4-15-8)7(14)5(2-11)3-12;/h1,5,7,11-12,14H,2-4H2;1,5,11-12H,2-4H2;1H4/t7-,8+;8-;/m10./s1. The molecule has 14 heteroatoms. The number of nitrogens with zero attached hydrogens (tertiary/aromatic N) is 4. The van der Waals surface area contributed by atoms with Gasteiger partial charge in [-0.15, -0.1) is 0 Å². The zero-order chi connectivity index (χ0) is 22.9. The molecular formula is C17H26N4O10. The van der Waals surface area contributed by atoms with Crippen molar-refractivity contribution in [3.05, 3.63) is 11.1 Å². The Kier molecular flexibility index (Phi) is 11.4. The summed E-state index contributed by atoms with van der Waals surface area (Å²) in [7, 11) is 0. The van der Waals surface area contributed by atoms with Gasteiger partial charge in [0, 0.05) is 5.92 Å². The van der Waals surface area contributed by atoms with Gasteiger partial charge in [-0.05, 0) is 0 Å². The molecule has 2 aliphatic heterocycles. The SMILES string of the molecule is C.[N-]=[N+]=CC(=O)[C@]1(C(=O)C(CO)CO)CO1.[N-]=[N+]=CC(=O)[C@]1([C@H](O)C(CO)CO)CO1. The van der Waals surface area contributed by atoms with Crippen LogP contribution in [0.4, 0.5) is 0 Å². The monoisotopic (exact) mass is 446 g/mol. The van der Waals surface area contributed by atoms with Crippen LogP contribution >= 0.6 is 0 Å². The highest BCUT2D eigenvalue weighted by Crippen LogP contribution is 2.35. The lowest BCUT2D eigenvalue weighted by Crippen LogP contribution is -2.46. The van der Waals surface area contributed by atoms with Crippen molar-refractivity contribution in [2.75, 3.05) is 39.6 Å². The fraction of sp³-hybridized carbons (Fsp3) is 0.706. The zero-order valence-electron chi connectivity index (χ0n) is 15.7. The van der Waals surface area contributed by atoms with Crippen molar-refractivity contribution in [1.29, 1.82) is 0 Å². The summed E-state index contributed by atoms with van der Waals surface area (Å²) in [5.74, 6) is -4.09. The van der Waals surface area contributed by atoms with Crippen molar-refractivity contribution in [3.63, 3.8) is 0 Å². The number of carbonyl (C=O) groups is 3. The molecule has 2 rings (SSSR count). The fourth-order valence-corrected chi connectivity index (χ4v) is 2.52. The smallest absolute Gasteiger partial charge is 0.326 e. The Labute approximate surface area is 176 Å². The lowest BCUT2D eigenvalue weighted by atomic mass is 9.89. The van der Waals surface area contributed by atoms with Crippen LogP contribution in [0.15, 0.2) is 0 Å². The summed E-state index contributed by atoms with van der Waals surface area (Å²) in [6, 6.07) is 0. The minimum Gasteiger partial charge on any atom is -0.396 e. The first-order chi connectivity index (χ1) is 14.2. The maximum absolute atomic E-state index is 11.6. The van der Waals surface area contributed by atoms with Gasteiger partial charge in [-0.25, -0.2) is 0 Å². The van der Waals surface area contributed by atoms with Gasteiger partial charge >= 0.3 is 12.4 Å². The molecule has 0 spiro atoms. The van der Waals surface area contributed by atoms with E-state index in [4.69, 9.17) is 41.0 Å². The number of Topliss-reactive ketones (excluding diaryl/α,β-unsaturated/α-hetero) is 3. The molecule has 2 aliphatic rings. The summed E-state index contributed by atoms with van der Waals surface area (Å²) in [5, 5.41) is 44.9. The van der Waals surface area contributed by atoms with Crippen LogP contribution in [0.5, 0.6) is 0 Å². The molecular weight excluding hydrogens is 420 g/mol. The third kappa shape index (κ3) is 6.24. The molecule has 2 heterocycles. The van der Waals surface area contributed by atoms with E-state index in [-0.39, 0.29) is 20.6 Å². The third-order valence-electron chi connectivity index (χ3n) is 4.66. The minimum atomic E-state index is -1.66. The largest absolute Gasteiger partial charge is 0.396 e. The van der Waals surface area contributed by atoms with Crippen LogP contribution in [0.3, 0.4) is 0 Å². The summed E-state index contributed by atoms with van der Waals surface area (Å²) in [6.07, 6.45) is -0.128. The molecule has 174 valence electrons. The highest BCUT2D eigenvalue weighted by molar-refractivity contribution is 6.37. The van der Waals surface area contributed by atoms with Gasteiger partial charge in [-0.1, -0.05) is 7.43 Å². The Balaban J connectivity index is 0.000000562. The van der Waals surface area contributed by atoms with Gasteiger partial charge in [0.2, 0.25) is 5.60 Å². The van der Waals surface area contributed by atoms with Crippen molar-refractivity contribution < 1.29 is 59.0 Å². The molecule has 2 saturated heterocycles. The lowest BCUT2D eigenvalue weighted by Gasteiger charge is -2.21. The number of carbonyl (C=O) groups excluding carboxylic acids is 3. The minimum absolute atomic E-state index is 0. The van der Waals surface area contributed by atoms with E-state index in [2.05, 4.69) is 9.58 Å². The van der Waals surface area contributed by atoms with Crippen molar-refractivity contribution >= 4 is 29.8 Å². The van der Waals surface area contributed by atoms with E-state index >= 15 is 0 Å². The summed E-state index contributed by atoms with van der Waals surface area (Å²) >= 11 is 0.